The van der Waals surface area contributed by atoms with Gasteiger partial charge in [-0.25, -0.2) is 0 Å². The van der Waals surface area contributed by atoms with Gasteiger partial charge in [0, 0.05) is 18.2 Å². The first-order chi connectivity index (χ1) is 11.6. The predicted octanol–water partition coefficient (Wildman–Crippen LogP) is 4.15. The fourth-order valence-electron chi connectivity index (χ4n) is 2.42. The summed E-state index contributed by atoms with van der Waals surface area (Å²) >= 11 is 1.43. The van der Waals surface area contributed by atoms with Gasteiger partial charge in [-0.05, 0) is 13.8 Å². The number of carbonyl (C=O) groups excluding carboxylic acids is 1. The molecule has 0 aliphatic rings. The summed E-state index contributed by atoms with van der Waals surface area (Å²) in [5.74, 6) is 0.900. The molecule has 3 aromatic rings. The first-order valence-corrected chi connectivity index (χ1v) is 8.66. The normalized spacial score (nSPS) is 12.1. The molecule has 0 spiro atoms. The van der Waals surface area contributed by atoms with Crippen LogP contribution in [0.15, 0.2) is 59.8 Å². The van der Waals surface area contributed by atoms with Crippen LogP contribution < -0.4 is 0 Å². The number of rotatable bonds is 5. The first-order valence-electron chi connectivity index (χ1n) is 7.78. The SMILES string of the molecule is Cc1ccc(-c2nnc(SC(C)C(=O)c3ccccc3)n2C)cc1. The molecule has 0 radical (unpaired) electrons. The van der Waals surface area contributed by atoms with Crippen molar-refractivity contribution in [3.8, 4) is 11.4 Å². The lowest BCUT2D eigenvalue weighted by Gasteiger charge is -2.10. The number of aromatic nitrogens is 3. The van der Waals surface area contributed by atoms with Crippen LogP contribution in [0.3, 0.4) is 0 Å². The molecular weight excluding hydrogens is 318 g/mol. The lowest BCUT2D eigenvalue weighted by atomic mass is 10.1. The Hall–Kier alpha value is -2.40. The third-order valence-corrected chi connectivity index (χ3v) is 4.99. The summed E-state index contributed by atoms with van der Waals surface area (Å²) in [7, 11) is 1.93. The van der Waals surface area contributed by atoms with Gasteiger partial charge in [0.2, 0.25) is 0 Å². The van der Waals surface area contributed by atoms with Gasteiger partial charge >= 0.3 is 0 Å². The summed E-state index contributed by atoms with van der Waals surface area (Å²) in [6.45, 7) is 3.96. The molecule has 122 valence electrons. The Labute approximate surface area is 145 Å². The van der Waals surface area contributed by atoms with E-state index in [1.165, 1.54) is 17.3 Å². The lowest BCUT2D eigenvalue weighted by Crippen LogP contribution is -2.14. The maximum absolute atomic E-state index is 12.5. The zero-order chi connectivity index (χ0) is 17.1. The van der Waals surface area contributed by atoms with Crippen molar-refractivity contribution in [2.45, 2.75) is 24.3 Å². The fourth-order valence-corrected chi connectivity index (χ4v) is 3.31. The van der Waals surface area contributed by atoms with Crippen molar-refractivity contribution < 1.29 is 4.79 Å². The highest BCUT2D eigenvalue weighted by Crippen LogP contribution is 2.27. The standard InChI is InChI=1S/C19H19N3OS/c1-13-9-11-16(12-10-13)18-20-21-19(22(18)3)24-14(2)17(23)15-7-5-4-6-8-15/h4-12,14H,1-3H3. The summed E-state index contributed by atoms with van der Waals surface area (Å²) in [4.78, 5) is 12.5. The maximum Gasteiger partial charge on any atom is 0.191 e. The molecule has 0 fully saturated rings. The lowest BCUT2D eigenvalue weighted by molar-refractivity contribution is 0.0994. The molecule has 3 rings (SSSR count). The van der Waals surface area contributed by atoms with Gasteiger partial charge in [0.25, 0.3) is 0 Å². The Morgan fingerprint density at radius 3 is 2.38 bits per heavy atom. The molecule has 0 amide bonds. The van der Waals surface area contributed by atoms with E-state index in [1.54, 1.807) is 0 Å². The third kappa shape index (κ3) is 3.41. The highest BCUT2D eigenvalue weighted by Gasteiger charge is 2.20. The summed E-state index contributed by atoms with van der Waals surface area (Å²) in [5, 5.41) is 9.05. The summed E-state index contributed by atoms with van der Waals surface area (Å²) in [6.07, 6.45) is 0. The second kappa shape index (κ2) is 7.01. The van der Waals surface area contributed by atoms with Crippen molar-refractivity contribution in [3.63, 3.8) is 0 Å². The van der Waals surface area contributed by atoms with Crippen LogP contribution >= 0.6 is 11.8 Å². The number of carbonyl (C=O) groups is 1. The average molecular weight is 337 g/mol. The summed E-state index contributed by atoms with van der Waals surface area (Å²) < 4.78 is 1.93. The molecule has 4 nitrogen and oxygen atoms in total. The number of ketones is 1. The van der Waals surface area contributed by atoms with Gasteiger partial charge in [0.15, 0.2) is 16.8 Å². The van der Waals surface area contributed by atoms with Crippen LogP contribution in [0.1, 0.15) is 22.8 Å². The van der Waals surface area contributed by atoms with Gasteiger partial charge < -0.3 is 4.57 Å². The van der Waals surface area contributed by atoms with E-state index >= 15 is 0 Å². The monoisotopic (exact) mass is 337 g/mol. The van der Waals surface area contributed by atoms with Crippen LogP contribution in [0.4, 0.5) is 0 Å². The van der Waals surface area contributed by atoms with Crippen molar-refractivity contribution in [2.75, 3.05) is 0 Å². The van der Waals surface area contributed by atoms with E-state index in [-0.39, 0.29) is 11.0 Å². The van der Waals surface area contributed by atoms with Crippen molar-refractivity contribution in [1.29, 1.82) is 0 Å². The third-order valence-electron chi connectivity index (χ3n) is 3.85. The smallest absolute Gasteiger partial charge is 0.191 e. The van der Waals surface area contributed by atoms with Crippen LogP contribution in [0, 0.1) is 6.92 Å². The molecule has 5 heteroatoms. The average Bonchev–Trinajstić information content (AvgIpc) is 2.96. The summed E-state index contributed by atoms with van der Waals surface area (Å²) in [5.41, 5.74) is 2.94. The van der Waals surface area contributed by atoms with E-state index in [9.17, 15) is 4.79 Å². The van der Waals surface area contributed by atoms with Crippen LogP contribution in [-0.4, -0.2) is 25.8 Å². The molecule has 24 heavy (non-hydrogen) atoms. The second-order valence-electron chi connectivity index (χ2n) is 5.72. The van der Waals surface area contributed by atoms with Gasteiger partial charge in [0.1, 0.15) is 0 Å². The zero-order valence-electron chi connectivity index (χ0n) is 13.9. The van der Waals surface area contributed by atoms with Gasteiger partial charge in [-0.1, -0.05) is 71.9 Å². The van der Waals surface area contributed by atoms with Crippen molar-refractivity contribution in [1.82, 2.24) is 14.8 Å². The van der Waals surface area contributed by atoms with Crippen molar-refractivity contribution in [3.05, 3.63) is 65.7 Å². The van der Waals surface area contributed by atoms with Crippen LogP contribution in [0.5, 0.6) is 0 Å². The Morgan fingerprint density at radius 2 is 1.71 bits per heavy atom. The highest BCUT2D eigenvalue weighted by molar-refractivity contribution is 8.00. The second-order valence-corrected chi connectivity index (χ2v) is 7.03. The molecule has 0 saturated heterocycles. The molecule has 0 aliphatic heterocycles. The quantitative estimate of drug-likeness (QED) is 0.518. The maximum atomic E-state index is 12.5. The molecule has 0 bridgehead atoms. The Kier molecular flexibility index (Phi) is 4.81. The number of Topliss-reactive ketones (excluding diaryl/α,β-unsaturated/α-hetero) is 1. The topological polar surface area (TPSA) is 47.8 Å². The number of aryl methyl sites for hydroxylation is 1. The number of hydrogen-bond acceptors (Lipinski definition) is 4. The van der Waals surface area contributed by atoms with E-state index in [1.807, 2.05) is 61.0 Å². The number of benzene rings is 2. The zero-order valence-corrected chi connectivity index (χ0v) is 14.7. The van der Waals surface area contributed by atoms with Crippen molar-refractivity contribution >= 4 is 17.5 Å². The largest absolute Gasteiger partial charge is 0.305 e. The Morgan fingerprint density at radius 1 is 1.04 bits per heavy atom. The minimum absolute atomic E-state index is 0.0977. The van der Waals surface area contributed by atoms with E-state index in [0.717, 1.165) is 22.1 Å². The molecule has 1 unspecified atom stereocenters. The van der Waals surface area contributed by atoms with Gasteiger partial charge in [-0.3, -0.25) is 4.79 Å². The molecule has 1 heterocycles. The number of thioether (sulfide) groups is 1. The number of nitrogens with zero attached hydrogens (tertiary/aromatic N) is 3. The molecule has 0 saturated carbocycles. The van der Waals surface area contributed by atoms with E-state index in [0.29, 0.717) is 0 Å². The minimum atomic E-state index is -0.221. The molecular formula is C19H19N3OS. The van der Waals surface area contributed by atoms with Gasteiger partial charge in [-0.15, -0.1) is 10.2 Å². The Bertz CT molecular complexity index is 841. The Balaban J connectivity index is 1.79. The molecule has 2 aromatic carbocycles. The molecule has 1 atom stereocenters. The van der Waals surface area contributed by atoms with E-state index < -0.39 is 0 Å². The fraction of sp³-hybridized carbons (Fsp3) is 0.211. The van der Waals surface area contributed by atoms with Crippen LogP contribution in [-0.2, 0) is 7.05 Å². The van der Waals surface area contributed by atoms with E-state index in [2.05, 4.69) is 29.3 Å². The summed E-state index contributed by atoms with van der Waals surface area (Å²) in [6, 6.07) is 17.5. The molecule has 0 N–H and O–H groups in total. The van der Waals surface area contributed by atoms with Crippen molar-refractivity contribution in [2.24, 2.45) is 7.05 Å². The first kappa shape index (κ1) is 16.5. The van der Waals surface area contributed by atoms with Crippen LogP contribution in [0.25, 0.3) is 11.4 Å². The molecule has 0 aliphatic carbocycles. The minimum Gasteiger partial charge on any atom is -0.305 e. The highest BCUT2D eigenvalue weighted by atomic mass is 32.2. The van der Waals surface area contributed by atoms with E-state index in [4.69, 9.17) is 0 Å². The molecule has 1 aromatic heterocycles. The van der Waals surface area contributed by atoms with Crippen LogP contribution in [0.2, 0.25) is 0 Å². The predicted molar refractivity (Wildman–Crippen MR) is 97.3 cm³/mol. The van der Waals surface area contributed by atoms with Gasteiger partial charge in [-0.2, -0.15) is 0 Å². The number of hydrogen-bond donors (Lipinski definition) is 0. The van der Waals surface area contributed by atoms with Gasteiger partial charge in [0.05, 0.1) is 5.25 Å².